The summed E-state index contributed by atoms with van der Waals surface area (Å²) in [5, 5.41) is 3.68. The SMILES string of the molecule is CCC(CC)(CNC1CCOC1C)SC. The zero-order valence-electron chi connectivity index (χ0n) is 10.5. The first kappa shape index (κ1) is 13.3. The van der Waals surface area contributed by atoms with E-state index >= 15 is 0 Å². The van der Waals surface area contributed by atoms with Gasteiger partial charge in [0, 0.05) is 23.9 Å². The molecule has 1 N–H and O–H groups in total. The van der Waals surface area contributed by atoms with Crippen LogP contribution in [0.3, 0.4) is 0 Å². The normalized spacial score (nSPS) is 27.2. The maximum atomic E-state index is 5.56. The number of hydrogen-bond donors (Lipinski definition) is 1. The van der Waals surface area contributed by atoms with Gasteiger partial charge in [0.25, 0.3) is 0 Å². The van der Waals surface area contributed by atoms with Gasteiger partial charge in [-0.25, -0.2) is 0 Å². The van der Waals surface area contributed by atoms with Gasteiger partial charge >= 0.3 is 0 Å². The van der Waals surface area contributed by atoms with Crippen LogP contribution in [0.2, 0.25) is 0 Å². The topological polar surface area (TPSA) is 21.3 Å². The monoisotopic (exact) mass is 231 g/mol. The van der Waals surface area contributed by atoms with Crippen LogP contribution in [-0.4, -0.2) is 36.3 Å². The van der Waals surface area contributed by atoms with Gasteiger partial charge in [0.05, 0.1) is 6.10 Å². The Morgan fingerprint density at radius 3 is 2.47 bits per heavy atom. The van der Waals surface area contributed by atoms with Crippen molar-refractivity contribution in [3.63, 3.8) is 0 Å². The Labute approximate surface area is 98.5 Å². The molecule has 0 aliphatic carbocycles. The lowest BCUT2D eigenvalue weighted by molar-refractivity contribution is 0.112. The van der Waals surface area contributed by atoms with Crippen molar-refractivity contribution in [1.29, 1.82) is 0 Å². The highest BCUT2D eigenvalue weighted by Gasteiger charge is 2.29. The molecule has 2 unspecified atom stereocenters. The fourth-order valence-electron chi connectivity index (χ4n) is 2.18. The molecule has 0 spiro atoms. The molecule has 3 heteroatoms. The van der Waals surface area contributed by atoms with E-state index in [9.17, 15) is 0 Å². The lowest BCUT2D eigenvalue weighted by Crippen LogP contribution is -2.44. The van der Waals surface area contributed by atoms with Crippen LogP contribution >= 0.6 is 11.8 Å². The second-order valence-electron chi connectivity index (χ2n) is 4.45. The molecule has 1 heterocycles. The third kappa shape index (κ3) is 3.36. The zero-order valence-corrected chi connectivity index (χ0v) is 11.3. The Morgan fingerprint density at radius 2 is 2.07 bits per heavy atom. The second kappa shape index (κ2) is 6.12. The maximum absolute atomic E-state index is 5.56. The van der Waals surface area contributed by atoms with Crippen LogP contribution in [0, 0.1) is 0 Å². The van der Waals surface area contributed by atoms with Crippen LogP contribution < -0.4 is 5.32 Å². The number of nitrogens with one attached hydrogen (secondary N) is 1. The Hall–Kier alpha value is 0.270. The first-order valence-electron chi connectivity index (χ1n) is 6.07. The number of ether oxygens (including phenoxy) is 1. The van der Waals surface area contributed by atoms with E-state index in [1.165, 1.54) is 19.3 Å². The van der Waals surface area contributed by atoms with Crippen molar-refractivity contribution in [2.24, 2.45) is 0 Å². The number of thioether (sulfide) groups is 1. The smallest absolute Gasteiger partial charge is 0.0700 e. The summed E-state index contributed by atoms with van der Waals surface area (Å²) in [6.45, 7) is 8.78. The van der Waals surface area contributed by atoms with Crippen LogP contribution in [0.5, 0.6) is 0 Å². The predicted molar refractivity (Wildman–Crippen MR) is 68.6 cm³/mol. The fourth-order valence-corrected chi connectivity index (χ4v) is 2.98. The van der Waals surface area contributed by atoms with Gasteiger partial charge in [0.15, 0.2) is 0 Å². The zero-order chi connectivity index (χ0) is 11.3. The van der Waals surface area contributed by atoms with Gasteiger partial charge in [-0.15, -0.1) is 0 Å². The van der Waals surface area contributed by atoms with E-state index in [0.29, 0.717) is 16.9 Å². The molecule has 0 radical (unpaired) electrons. The molecule has 0 aromatic heterocycles. The molecule has 1 rings (SSSR count). The van der Waals surface area contributed by atoms with Crippen molar-refractivity contribution in [2.75, 3.05) is 19.4 Å². The number of hydrogen-bond acceptors (Lipinski definition) is 3. The van der Waals surface area contributed by atoms with Crippen molar-refractivity contribution in [3.8, 4) is 0 Å². The molecule has 0 amide bonds. The molecule has 0 aromatic rings. The molecule has 15 heavy (non-hydrogen) atoms. The Morgan fingerprint density at radius 1 is 1.40 bits per heavy atom. The average Bonchev–Trinajstić information content (AvgIpc) is 2.67. The quantitative estimate of drug-likeness (QED) is 0.759. The van der Waals surface area contributed by atoms with E-state index in [1.807, 2.05) is 11.8 Å². The van der Waals surface area contributed by atoms with Crippen LogP contribution in [0.25, 0.3) is 0 Å². The van der Waals surface area contributed by atoms with Gasteiger partial charge in [-0.05, 0) is 32.4 Å². The van der Waals surface area contributed by atoms with Gasteiger partial charge in [-0.1, -0.05) is 13.8 Å². The summed E-state index contributed by atoms with van der Waals surface area (Å²) in [6, 6.07) is 0.564. The Bertz CT molecular complexity index is 174. The van der Waals surface area contributed by atoms with E-state index in [4.69, 9.17) is 4.74 Å². The van der Waals surface area contributed by atoms with Gasteiger partial charge in [0.2, 0.25) is 0 Å². The van der Waals surface area contributed by atoms with Crippen molar-refractivity contribution in [3.05, 3.63) is 0 Å². The Balaban J connectivity index is 2.39. The van der Waals surface area contributed by atoms with E-state index in [-0.39, 0.29) is 0 Å². The minimum atomic E-state index is 0.387. The van der Waals surface area contributed by atoms with Crippen LogP contribution in [0.4, 0.5) is 0 Å². The largest absolute Gasteiger partial charge is 0.377 e. The van der Waals surface area contributed by atoms with Gasteiger partial charge in [-0.2, -0.15) is 11.8 Å². The molecule has 0 saturated carbocycles. The lowest BCUT2D eigenvalue weighted by Gasteiger charge is -2.32. The second-order valence-corrected chi connectivity index (χ2v) is 5.72. The maximum Gasteiger partial charge on any atom is 0.0700 e. The molecule has 1 aliphatic rings. The van der Waals surface area contributed by atoms with Gasteiger partial charge in [-0.3, -0.25) is 0 Å². The average molecular weight is 231 g/mol. The summed E-state index contributed by atoms with van der Waals surface area (Å²) in [6.07, 6.45) is 6.25. The van der Waals surface area contributed by atoms with Crippen LogP contribution in [0.15, 0.2) is 0 Å². The minimum absolute atomic E-state index is 0.387. The van der Waals surface area contributed by atoms with Crippen LogP contribution in [0.1, 0.15) is 40.0 Å². The summed E-state index contributed by atoms with van der Waals surface area (Å²) in [7, 11) is 0. The molecule has 0 bridgehead atoms. The molecule has 1 saturated heterocycles. The highest BCUT2D eigenvalue weighted by Crippen LogP contribution is 2.30. The van der Waals surface area contributed by atoms with Crippen molar-refractivity contribution in [2.45, 2.75) is 56.9 Å². The molecule has 1 aliphatic heterocycles. The predicted octanol–water partition coefficient (Wildman–Crippen LogP) is 2.68. The highest BCUT2D eigenvalue weighted by molar-refractivity contribution is 8.00. The summed E-state index contributed by atoms with van der Waals surface area (Å²) >= 11 is 2.00. The first-order chi connectivity index (χ1) is 7.17. The summed E-state index contributed by atoms with van der Waals surface area (Å²) in [5.41, 5.74) is 0. The fraction of sp³-hybridized carbons (Fsp3) is 1.00. The standard InChI is InChI=1S/C12H25NOS/c1-5-12(6-2,15-4)9-13-11-7-8-14-10(11)3/h10-11,13H,5-9H2,1-4H3. The molecule has 1 fully saturated rings. The van der Waals surface area contributed by atoms with Gasteiger partial charge < -0.3 is 10.1 Å². The summed E-state index contributed by atoms with van der Waals surface area (Å²) in [5.74, 6) is 0. The van der Waals surface area contributed by atoms with E-state index < -0.39 is 0 Å². The van der Waals surface area contributed by atoms with Gasteiger partial charge in [0.1, 0.15) is 0 Å². The third-order valence-corrected chi connectivity index (χ3v) is 5.37. The van der Waals surface area contributed by atoms with Crippen LogP contribution in [-0.2, 0) is 4.74 Å². The first-order valence-corrected chi connectivity index (χ1v) is 7.30. The van der Waals surface area contributed by atoms with E-state index in [2.05, 4.69) is 32.3 Å². The highest BCUT2D eigenvalue weighted by atomic mass is 32.2. The number of rotatable bonds is 6. The summed E-state index contributed by atoms with van der Waals surface area (Å²) in [4.78, 5) is 0. The molecule has 0 aromatic carbocycles. The van der Waals surface area contributed by atoms with Crippen molar-refractivity contribution in [1.82, 2.24) is 5.32 Å². The summed E-state index contributed by atoms with van der Waals surface area (Å²) < 4.78 is 5.98. The molecule has 90 valence electrons. The third-order valence-electron chi connectivity index (χ3n) is 3.78. The molecular weight excluding hydrogens is 206 g/mol. The van der Waals surface area contributed by atoms with Crippen molar-refractivity contribution < 1.29 is 4.74 Å². The minimum Gasteiger partial charge on any atom is -0.377 e. The van der Waals surface area contributed by atoms with E-state index in [1.54, 1.807) is 0 Å². The molecular formula is C12H25NOS. The Kier molecular flexibility index (Phi) is 5.44. The van der Waals surface area contributed by atoms with Crippen molar-refractivity contribution >= 4 is 11.8 Å². The lowest BCUT2D eigenvalue weighted by atomic mass is 10.0. The van der Waals surface area contributed by atoms with E-state index in [0.717, 1.165) is 13.2 Å². The molecule has 2 atom stereocenters. The molecule has 2 nitrogen and oxygen atoms in total.